The topological polar surface area (TPSA) is 75.0 Å². The average molecular weight is 391 g/mol. The molecule has 0 saturated heterocycles. The maximum Gasteiger partial charge on any atom is 0.251 e. The highest BCUT2D eigenvalue weighted by atomic mass is 32.1. The fourth-order valence-electron chi connectivity index (χ4n) is 2.59. The molecule has 1 heterocycles. The SMILES string of the molecule is CC(C)c1nc(CNC(=O)c2cccc(OCc3ccccc3C#N)c2)cs1. The molecular weight excluding hydrogens is 370 g/mol. The molecule has 1 N–H and O–H groups in total. The molecular formula is C22H21N3O2S. The predicted molar refractivity (Wildman–Crippen MR) is 109 cm³/mol. The number of hydrogen-bond acceptors (Lipinski definition) is 5. The number of amides is 1. The van der Waals surface area contributed by atoms with Gasteiger partial charge < -0.3 is 10.1 Å². The Morgan fingerprint density at radius 1 is 1.25 bits per heavy atom. The minimum atomic E-state index is -0.179. The van der Waals surface area contributed by atoms with Crippen LogP contribution in [-0.4, -0.2) is 10.9 Å². The molecule has 0 bridgehead atoms. The zero-order chi connectivity index (χ0) is 19.9. The Balaban J connectivity index is 1.60. The highest BCUT2D eigenvalue weighted by molar-refractivity contribution is 7.09. The van der Waals surface area contributed by atoms with Gasteiger partial charge in [0.05, 0.1) is 28.9 Å². The Labute approximate surface area is 168 Å². The summed E-state index contributed by atoms with van der Waals surface area (Å²) in [5.74, 6) is 0.785. The summed E-state index contributed by atoms with van der Waals surface area (Å²) >= 11 is 1.61. The van der Waals surface area contributed by atoms with Gasteiger partial charge in [0.2, 0.25) is 0 Å². The van der Waals surface area contributed by atoms with E-state index in [9.17, 15) is 4.79 Å². The smallest absolute Gasteiger partial charge is 0.251 e. The second kappa shape index (κ2) is 9.16. The van der Waals surface area contributed by atoms with Crippen LogP contribution >= 0.6 is 11.3 Å². The molecule has 28 heavy (non-hydrogen) atoms. The largest absolute Gasteiger partial charge is 0.489 e. The van der Waals surface area contributed by atoms with E-state index in [0.29, 0.717) is 29.3 Å². The summed E-state index contributed by atoms with van der Waals surface area (Å²) in [5.41, 5.74) is 2.78. The van der Waals surface area contributed by atoms with E-state index in [1.807, 2.05) is 23.6 Å². The first-order chi connectivity index (χ1) is 13.6. The number of nitrogens with zero attached hydrogens (tertiary/aromatic N) is 2. The molecule has 6 heteroatoms. The Morgan fingerprint density at radius 2 is 2.07 bits per heavy atom. The summed E-state index contributed by atoms with van der Waals surface area (Å²) in [4.78, 5) is 17.0. The number of carbonyl (C=O) groups excluding carboxylic acids is 1. The normalized spacial score (nSPS) is 10.5. The van der Waals surface area contributed by atoms with Crippen molar-refractivity contribution in [3.8, 4) is 11.8 Å². The molecule has 142 valence electrons. The molecule has 1 aromatic heterocycles. The molecule has 3 rings (SSSR count). The van der Waals surface area contributed by atoms with Crippen LogP contribution in [0.3, 0.4) is 0 Å². The third-order valence-electron chi connectivity index (χ3n) is 4.12. The third kappa shape index (κ3) is 4.96. The third-order valence-corrected chi connectivity index (χ3v) is 5.32. The monoisotopic (exact) mass is 391 g/mol. The van der Waals surface area contributed by atoms with Crippen molar-refractivity contribution in [2.45, 2.75) is 32.9 Å². The first-order valence-electron chi connectivity index (χ1n) is 9.00. The first-order valence-corrected chi connectivity index (χ1v) is 9.88. The molecule has 1 amide bonds. The lowest BCUT2D eigenvalue weighted by Crippen LogP contribution is -2.23. The number of hydrogen-bond donors (Lipinski definition) is 1. The number of carbonyl (C=O) groups is 1. The van der Waals surface area contributed by atoms with E-state index in [1.54, 1.807) is 41.7 Å². The molecule has 0 fully saturated rings. The standard InChI is InChI=1S/C22H21N3O2S/c1-15(2)22-25-19(14-28-22)12-24-21(26)16-8-5-9-20(10-16)27-13-18-7-4-3-6-17(18)11-23/h3-10,14-15H,12-13H2,1-2H3,(H,24,26). The summed E-state index contributed by atoms with van der Waals surface area (Å²) in [7, 11) is 0. The Bertz CT molecular complexity index is 1000. The van der Waals surface area contributed by atoms with E-state index in [4.69, 9.17) is 10.00 Å². The molecule has 0 atom stereocenters. The van der Waals surface area contributed by atoms with Crippen LogP contribution in [0.1, 0.15) is 52.0 Å². The van der Waals surface area contributed by atoms with Crippen LogP contribution in [0.25, 0.3) is 0 Å². The van der Waals surface area contributed by atoms with Crippen molar-refractivity contribution in [2.75, 3.05) is 0 Å². The predicted octanol–water partition coefficient (Wildman–Crippen LogP) is 4.65. The van der Waals surface area contributed by atoms with Gasteiger partial charge in [-0.25, -0.2) is 4.98 Å². The number of rotatable bonds is 7. The lowest BCUT2D eigenvalue weighted by molar-refractivity contribution is 0.0950. The summed E-state index contributed by atoms with van der Waals surface area (Å²) in [6.07, 6.45) is 0. The van der Waals surface area contributed by atoms with Gasteiger partial charge in [-0.1, -0.05) is 38.1 Å². The lowest BCUT2D eigenvalue weighted by Gasteiger charge is -2.09. The zero-order valence-electron chi connectivity index (χ0n) is 15.8. The molecule has 5 nitrogen and oxygen atoms in total. The number of thiazole rings is 1. The second-order valence-electron chi connectivity index (χ2n) is 6.60. The van der Waals surface area contributed by atoms with Crippen molar-refractivity contribution >= 4 is 17.2 Å². The summed E-state index contributed by atoms with van der Waals surface area (Å²) < 4.78 is 5.78. The van der Waals surface area contributed by atoms with Gasteiger partial charge in [0.1, 0.15) is 12.4 Å². The quantitative estimate of drug-likeness (QED) is 0.636. The lowest BCUT2D eigenvalue weighted by atomic mass is 10.1. The van der Waals surface area contributed by atoms with Gasteiger partial charge in [0, 0.05) is 22.4 Å². The molecule has 0 unspecified atom stereocenters. The van der Waals surface area contributed by atoms with Gasteiger partial charge in [-0.3, -0.25) is 4.79 Å². The Kier molecular flexibility index (Phi) is 6.41. The van der Waals surface area contributed by atoms with Gasteiger partial charge in [-0.05, 0) is 24.3 Å². The maximum atomic E-state index is 12.5. The van der Waals surface area contributed by atoms with Crippen molar-refractivity contribution in [3.05, 3.63) is 81.3 Å². The van der Waals surface area contributed by atoms with Gasteiger partial charge in [-0.2, -0.15) is 5.26 Å². The Morgan fingerprint density at radius 3 is 2.82 bits per heavy atom. The van der Waals surface area contributed by atoms with Crippen molar-refractivity contribution < 1.29 is 9.53 Å². The summed E-state index contributed by atoms with van der Waals surface area (Å²) in [6.45, 7) is 4.86. The second-order valence-corrected chi connectivity index (χ2v) is 7.49. The minimum absolute atomic E-state index is 0.179. The number of nitriles is 1. The molecule has 0 aliphatic rings. The zero-order valence-corrected chi connectivity index (χ0v) is 16.6. The molecule has 0 aliphatic heterocycles. The molecule has 2 aromatic carbocycles. The number of nitrogens with one attached hydrogen (secondary N) is 1. The van der Waals surface area contributed by atoms with Crippen molar-refractivity contribution in [1.82, 2.24) is 10.3 Å². The van der Waals surface area contributed by atoms with Crippen molar-refractivity contribution in [1.29, 1.82) is 5.26 Å². The molecule has 3 aromatic rings. The van der Waals surface area contributed by atoms with Crippen LogP contribution in [0.5, 0.6) is 5.75 Å². The van der Waals surface area contributed by atoms with E-state index < -0.39 is 0 Å². The average Bonchev–Trinajstić information content (AvgIpc) is 3.20. The Hall–Kier alpha value is -3.17. The van der Waals surface area contributed by atoms with Crippen LogP contribution in [-0.2, 0) is 13.2 Å². The summed E-state index contributed by atoms with van der Waals surface area (Å²) in [5, 5.41) is 15.1. The molecule has 0 radical (unpaired) electrons. The fraction of sp³-hybridized carbons (Fsp3) is 0.227. The number of benzene rings is 2. The van der Waals surface area contributed by atoms with Gasteiger partial charge in [0.15, 0.2) is 0 Å². The highest BCUT2D eigenvalue weighted by Crippen LogP contribution is 2.20. The molecule has 0 spiro atoms. The minimum Gasteiger partial charge on any atom is -0.489 e. The van der Waals surface area contributed by atoms with Crippen molar-refractivity contribution in [2.24, 2.45) is 0 Å². The molecule has 0 aliphatic carbocycles. The fourth-order valence-corrected chi connectivity index (χ4v) is 3.42. The van der Waals surface area contributed by atoms with E-state index in [-0.39, 0.29) is 12.5 Å². The van der Waals surface area contributed by atoms with Gasteiger partial charge in [-0.15, -0.1) is 11.3 Å². The van der Waals surface area contributed by atoms with Crippen LogP contribution in [0.15, 0.2) is 53.9 Å². The van der Waals surface area contributed by atoms with E-state index in [2.05, 4.69) is 30.2 Å². The van der Waals surface area contributed by atoms with E-state index >= 15 is 0 Å². The van der Waals surface area contributed by atoms with Gasteiger partial charge in [0.25, 0.3) is 5.91 Å². The van der Waals surface area contributed by atoms with Crippen LogP contribution in [0.2, 0.25) is 0 Å². The summed E-state index contributed by atoms with van der Waals surface area (Å²) in [6, 6.07) is 16.5. The van der Waals surface area contributed by atoms with E-state index in [1.165, 1.54) is 0 Å². The van der Waals surface area contributed by atoms with Gasteiger partial charge >= 0.3 is 0 Å². The van der Waals surface area contributed by atoms with Crippen LogP contribution in [0.4, 0.5) is 0 Å². The molecule has 0 saturated carbocycles. The van der Waals surface area contributed by atoms with Crippen molar-refractivity contribution in [3.63, 3.8) is 0 Å². The number of ether oxygens (including phenoxy) is 1. The van der Waals surface area contributed by atoms with Crippen LogP contribution in [0, 0.1) is 11.3 Å². The highest BCUT2D eigenvalue weighted by Gasteiger charge is 2.10. The first kappa shape index (κ1) is 19.6. The maximum absolute atomic E-state index is 12.5. The van der Waals surface area contributed by atoms with Crippen LogP contribution < -0.4 is 10.1 Å². The van der Waals surface area contributed by atoms with E-state index in [0.717, 1.165) is 16.3 Å². The number of aromatic nitrogens is 1.